The molecule has 1 N–H and O–H groups in total. The molecule has 0 aliphatic rings. The Morgan fingerprint density at radius 2 is 1.67 bits per heavy atom. The first-order valence-corrected chi connectivity index (χ1v) is 9.16. The van der Waals surface area contributed by atoms with Crippen LogP contribution in [-0.4, -0.2) is 29.1 Å². The molecular formula is C21H15FN4O7. The first-order chi connectivity index (χ1) is 15.8. The minimum atomic E-state index is -0.792. The van der Waals surface area contributed by atoms with E-state index in [2.05, 4.69) is 10.5 Å². The van der Waals surface area contributed by atoms with Gasteiger partial charge in [-0.2, -0.15) is 5.10 Å². The molecule has 168 valence electrons. The molecule has 0 spiro atoms. The summed E-state index contributed by atoms with van der Waals surface area (Å²) in [5, 5.41) is 26.0. The second kappa shape index (κ2) is 9.96. The van der Waals surface area contributed by atoms with Gasteiger partial charge in [0.1, 0.15) is 5.82 Å². The SMILES string of the molecule is COc1cc(C=NNC(=O)c2ccc(F)cc2)ccc1Oc1ccc([N+](=O)[O-])cc1[N+](=O)[O-]. The first kappa shape index (κ1) is 22.8. The molecule has 0 atom stereocenters. The number of nitro benzene ring substituents is 2. The van der Waals surface area contributed by atoms with Crippen LogP contribution in [0.25, 0.3) is 0 Å². The Labute approximate surface area is 185 Å². The van der Waals surface area contributed by atoms with Gasteiger partial charge >= 0.3 is 5.69 Å². The van der Waals surface area contributed by atoms with Gasteiger partial charge in [0.2, 0.25) is 5.75 Å². The van der Waals surface area contributed by atoms with Gasteiger partial charge in [-0.3, -0.25) is 25.0 Å². The highest BCUT2D eigenvalue weighted by Crippen LogP contribution is 2.38. The number of hydrazone groups is 1. The molecular weight excluding hydrogens is 439 g/mol. The van der Waals surface area contributed by atoms with E-state index in [0.29, 0.717) is 5.56 Å². The van der Waals surface area contributed by atoms with Crippen molar-refractivity contribution in [1.82, 2.24) is 5.43 Å². The fourth-order valence-electron chi connectivity index (χ4n) is 2.65. The van der Waals surface area contributed by atoms with E-state index in [1.807, 2.05) is 0 Å². The molecule has 0 saturated heterocycles. The summed E-state index contributed by atoms with van der Waals surface area (Å²) in [5.74, 6) is -0.914. The highest BCUT2D eigenvalue weighted by molar-refractivity contribution is 5.94. The number of hydrogen-bond donors (Lipinski definition) is 1. The maximum absolute atomic E-state index is 12.9. The Morgan fingerprint density at radius 3 is 2.30 bits per heavy atom. The number of ether oxygens (including phenoxy) is 2. The number of methoxy groups -OCH3 is 1. The fourth-order valence-corrected chi connectivity index (χ4v) is 2.65. The number of non-ortho nitro benzene ring substituents is 1. The Balaban J connectivity index is 1.77. The Morgan fingerprint density at radius 1 is 0.970 bits per heavy atom. The van der Waals surface area contributed by atoms with Crippen LogP contribution in [0.1, 0.15) is 15.9 Å². The molecule has 0 radical (unpaired) electrons. The summed E-state index contributed by atoms with van der Waals surface area (Å²) >= 11 is 0. The third kappa shape index (κ3) is 5.64. The number of amides is 1. The van der Waals surface area contributed by atoms with E-state index in [0.717, 1.165) is 30.3 Å². The third-order valence-electron chi connectivity index (χ3n) is 4.24. The average molecular weight is 454 g/mol. The zero-order chi connectivity index (χ0) is 24.0. The maximum Gasteiger partial charge on any atom is 0.318 e. The van der Waals surface area contributed by atoms with E-state index in [1.54, 1.807) is 6.07 Å². The van der Waals surface area contributed by atoms with Crippen molar-refractivity contribution in [3.05, 3.63) is 97.8 Å². The van der Waals surface area contributed by atoms with Crippen molar-refractivity contribution in [3.63, 3.8) is 0 Å². The van der Waals surface area contributed by atoms with Crippen LogP contribution in [0.5, 0.6) is 17.2 Å². The van der Waals surface area contributed by atoms with Gasteiger partial charge in [-0.05, 0) is 54.1 Å². The summed E-state index contributed by atoms with van der Waals surface area (Å²) in [7, 11) is 1.35. The van der Waals surface area contributed by atoms with E-state index in [1.165, 1.54) is 37.6 Å². The molecule has 3 aromatic rings. The summed E-state index contributed by atoms with van der Waals surface area (Å²) in [4.78, 5) is 32.6. The number of nitrogens with zero attached hydrogens (tertiary/aromatic N) is 3. The normalized spacial score (nSPS) is 10.6. The van der Waals surface area contributed by atoms with Crippen molar-refractivity contribution in [3.8, 4) is 17.2 Å². The molecule has 3 aromatic carbocycles. The molecule has 33 heavy (non-hydrogen) atoms. The number of carbonyl (C=O) groups excluding carboxylic acids is 1. The first-order valence-electron chi connectivity index (χ1n) is 9.16. The molecule has 0 saturated carbocycles. The second-order valence-corrected chi connectivity index (χ2v) is 6.38. The topological polar surface area (TPSA) is 146 Å². The van der Waals surface area contributed by atoms with Crippen LogP contribution in [-0.2, 0) is 0 Å². The number of nitrogens with one attached hydrogen (secondary N) is 1. The number of carbonyl (C=O) groups is 1. The largest absolute Gasteiger partial charge is 0.493 e. The summed E-state index contributed by atoms with van der Waals surface area (Å²) in [6.07, 6.45) is 1.32. The monoisotopic (exact) mass is 454 g/mol. The van der Waals surface area contributed by atoms with E-state index >= 15 is 0 Å². The molecule has 12 heteroatoms. The van der Waals surface area contributed by atoms with Gasteiger partial charge in [0.05, 0.1) is 29.2 Å². The fraction of sp³-hybridized carbons (Fsp3) is 0.0476. The zero-order valence-electron chi connectivity index (χ0n) is 16.9. The van der Waals surface area contributed by atoms with Gasteiger partial charge < -0.3 is 9.47 Å². The summed E-state index contributed by atoms with van der Waals surface area (Å²) in [6, 6.07) is 12.4. The minimum Gasteiger partial charge on any atom is -0.493 e. The van der Waals surface area contributed by atoms with Crippen molar-refractivity contribution < 1.29 is 28.5 Å². The van der Waals surface area contributed by atoms with Gasteiger partial charge in [-0.15, -0.1) is 0 Å². The van der Waals surface area contributed by atoms with Gasteiger partial charge in [-0.1, -0.05) is 0 Å². The molecule has 0 aliphatic carbocycles. The lowest BCUT2D eigenvalue weighted by Gasteiger charge is -2.11. The average Bonchev–Trinajstić information content (AvgIpc) is 2.80. The summed E-state index contributed by atoms with van der Waals surface area (Å²) in [6.45, 7) is 0. The van der Waals surface area contributed by atoms with Crippen LogP contribution in [0.3, 0.4) is 0 Å². The standard InChI is InChI=1S/C21H15FN4O7/c1-32-20-10-13(12-23-24-21(27)14-3-5-15(22)6-4-14)2-8-19(20)33-18-9-7-16(25(28)29)11-17(18)26(30)31/h2-12H,1H3,(H,24,27). The molecule has 0 fully saturated rings. The van der Waals surface area contributed by atoms with E-state index in [4.69, 9.17) is 9.47 Å². The van der Waals surface area contributed by atoms with Crippen LogP contribution < -0.4 is 14.9 Å². The van der Waals surface area contributed by atoms with Crippen LogP contribution >= 0.6 is 0 Å². The van der Waals surface area contributed by atoms with Crippen molar-refractivity contribution in [2.75, 3.05) is 7.11 Å². The Hall–Kier alpha value is -4.87. The predicted octanol–water partition coefficient (Wildman–Crippen LogP) is 4.21. The van der Waals surface area contributed by atoms with Crippen molar-refractivity contribution in [2.45, 2.75) is 0 Å². The predicted molar refractivity (Wildman–Crippen MR) is 114 cm³/mol. The molecule has 0 aromatic heterocycles. The van der Waals surface area contributed by atoms with E-state index in [9.17, 15) is 29.4 Å². The van der Waals surface area contributed by atoms with Crippen LogP contribution in [0, 0.1) is 26.0 Å². The Bertz CT molecular complexity index is 1250. The Kier molecular flexibility index (Phi) is 6.88. The zero-order valence-corrected chi connectivity index (χ0v) is 16.9. The summed E-state index contributed by atoms with van der Waals surface area (Å²) in [5.41, 5.74) is 1.99. The third-order valence-corrected chi connectivity index (χ3v) is 4.24. The van der Waals surface area contributed by atoms with Gasteiger partial charge in [0.15, 0.2) is 11.5 Å². The highest BCUT2D eigenvalue weighted by atomic mass is 19.1. The lowest BCUT2D eigenvalue weighted by molar-refractivity contribution is -0.394. The molecule has 0 bridgehead atoms. The number of rotatable bonds is 8. The van der Waals surface area contributed by atoms with Crippen molar-refractivity contribution in [1.29, 1.82) is 0 Å². The number of halogens is 1. The van der Waals surface area contributed by atoms with Gasteiger partial charge in [0.25, 0.3) is 11.6 Å². The van der Waals surface area contributed by atoms with Crippen LogP contribution in [0.4, 0.5) is 15.8 Å². The van der Waals surface area contributed by atoms with E-state index in [-0.39, 0.29) is 22.8 Å². The van der Waals surface area contributed by atoms with Gasteiger partial charge in [-0.25, -0.2) is 9.82 Å². The molecule has 0 heterocycles. The molecule has 0 aliphatic heterocycles. The molecule has 11 nitrogen and oxygen atoms in total. The number of hydrogen-bond acceptors (Lipinski definition) is 8. The molecule has 0 unspecified atom stereocenters. The molecule has 1 amide bonds. The summed E-state index contributed by atoms with van der Waals surface area (Å²) < 4.78 is 23.7. The van der Waals surface area contributed by atoms with Crippen molar-refractivity contribution >= 4 is 23.5 Å². The number of nitro groups is 2. The quantitative estimate of drug-likeness (QED) is 0.305. The van der Waals surface area contributed by atoms with E-state index < -0.39 is 32.9 Å². The lowest BCUT2D eigenvalue weighted by atomic mass is 10.2. The minimum absolute atomic E-state index is 0.113. The van der Waals surface area contributed by atoms with Crippen molar-refractivity contribution in [2.24, 2.45) is 5.10 Å². The van der Waals surface area contributed by atoms with Gasteiger partial charge in [0, 0.05) is 11.6 Å². The van der Waals surface area contributed by atoms with Crippen LogP contribution in [0.2, 0.25) is 0 Å². The van der Waals surface area contributed by atoms with Crippen LogP contribution in [0.15, 0.2) is 65.8 Å². The number of benzene rings is 3. The lowest BCUT2D eigenvalue weighted by Crippen LogP contribution is -2.17. The maximum atomic E-state index is 12.9. The smallest absolute Gasteiger partial charge is 0.318 e. The molecule has 3 rings (SSSR count). The second-order valence-electron chi connectivity index (χ2n) is 6.38. The highest BCUT2D eigenvalue weighted by Gasteiger charge is 2.22.